The van der Waals surface area contributed by atoms with Crippen LogP contribution in [0.25, 0.3) is 10.8 Å². The van der Waals surface area contributed by atoms with E-state index in [0.717, 1.165) is 4.47 Å². The summed E-state index contributed by atoms with van der Waals surface area (Å²) in [6, 6.07) is 14.5. The molecule has 0 saturated carbocycles. The molecule has 2 aromatic carbocycles. The first-order valence-electron chi connectivity index (χ1n) is 6.13. The Balaban J connectivity index is -0.000000311. The molecule has 0 bridgehead atoms. The van der Waals surface area contributed by atoms with Crippen molar-refractivity contribution in [1.82, 2.24) is 0 Å². The Bertz CT molecular complexity index is 594. The molecule has 17 heteroatoms. The van der Waals surface area contributed by atoms with E-state index in [9.17, 15) is 51.8 Å². The molecule has 0 nitrogen and oxygen atoms in total. The van der Waals surface area contributed by atoms with Crippen molar-refractivity contribution in [1.29, 1.82) is 0 Å². The molecule has 0 atom stereocenters. The van der Waals surface area contributed by atoms with Gasteiger partial charge in [0.2, 0.25) is 0 Å². The fourth-order valence-electron chi connectivity index (χ4n) is 1.19. The van der Waals surface area contributed by atoms with Gasteiger partial charge < -0.3 is 51.8 Å². The summed E-state index contributed by atoms with van der Waals surface area (Å²) in [4.78, 5) is 0. The van der Waals surface area contributed by atoms with E-state index in [1.807, 2.05) is 12.1 Å². The molecular weight excluding hydrogens is 500 g/mol. The molecule has 0 unspecified atom stereocenters. The number of hydrogen-bond acceptors (Lipinski definition) is 0. The molecule has 0 spiro atoms. The summed E-state index contributed by atoms with van der Waals surface area (Å²) >= 11 is 3.50. The minimum absolute atomic E-state index is 0. The van der Waals surface area contributed by atoms with Crippen molar-refractivity contribution in [3.8, 4) is 0 Å². The van der Waals surface area contributed by atoms with Crippen molar-refractivity contribution >= 4 is 99.9 Å². The van der Waals surface area contributed by atoms with Crippen LogP contribution < -0.4 is 0 Å². The molecule has 0 amide bonds. The minimum atomic E-state index is -6.00. The normalized spacial score (nSPS) is 10.9. The number of benzene rings is 2. The first kappa shape index (κ1) is 31.9. The zero-order valence-electron chi connectivity index (χ0n) is 12.2. The van der Waals surface area contributed by atoms with Crippen molar-refractivity contribution in [2.75, 3.05) is 0 Å². The maximum atomic E-state index is 9.75. The van der Waals surface area contributed by atoms with E-state index in [0.29, 0.717) is 0 Å². The van der Waals surface area contributed by atoms with Crippen LogP contribution in [0.2, 0.25) is 0 Å². The molecule has 2 rings (SSSR count). The molecule has 0 saturated heterocycles. The molecule has 0 fully saturated rings. The molecule has 2 aromatic rings. The van der Waals surface area contributed by atoms with Gasteiger partial charge >= 0.3 is 73.1 Å². The van der Waals surface area contributed by atoms with E-state index in [-0.39, 0.29) is 51.4 Å². The Morgan fingerprint density at radius 1 is 0.519 bits per heavy atom. The molecule has 27 heavy (non-hydrogen) atoms. The Morgan fingerprint density at radius 3 is 1.15 bits per heavy atom. The van der Waals surface area contributed by atoms with Crippen LogP contribution in [0.4, 0.5) is 51.8 Å². The molecule has 0 aromatic heterocycles. The molecular formula is C10H8B3BrF12K-3. The van der Waals surface area contributed by atoms with Gasteiger partial charge in [0.25, 0.3) is 0 Å². The molecule has 0 aliphatic rings. The first-order chi connectivity index (χ1) is 11.4. The first-order valence-corrected chi connectivity index (χ1v) is 6.92. The van der Waals surface area contributed by atoms with Crippen LogP contribution >= 0.6 is 15.9 Å². The van der Waals surface area contributed by atoms with E-state index in [1.165, 1.54) is 10.8 Å². The SMILES string of the molecule is Brc1cccc2ccccc12.F[B-](F)(F)F.F[B-](F)(F)F.F[B-](F)(F)F.[KH]. The van der Waals surface area contributed by atoms with Gasteiger partial charge in [-0.15, -0.1) is 0 Å². The summed E-state index contributed by atoms with van der Waals surface area (Å²) in [6.45, 7) is 0. The van der Waals surface area contributed by atoms with Crippen molar-refractivity contribution in [3.05, 3.63) is 46.9 Å². The Kier molecular flexibility index (Phi) is 16.8. The zero-order chi connectivity index (χ0) is 21.2. The predicted octanol–water partition coefficient (Wildman–Crippen LogP) is 6.85. The maximum absolute atomic E-state index is 9.75. The third-order valence-electron chi connectivity index (χ3n) is 1.74. The van der Waals surface area contributed by atoms with E-state index < -0.39 is 21.8 Å². The van der Waals surface area contributed by atoms with Crippen LogP contribution in [0, 0.1) is 0 Å². The van der Waals surface area contributed by atoms with Gasteiger partial charge in [0, 0.05) is 4.47 Å². The second kappa shape index (κ2) is 14.2. The summed E-state index contributed by atoms with van der Waals surface area (Å²) in [7, 11) is -18.0. The van der Waals surface area contributed by atoms with Crippen LogP contribution in [0.1, 0.15) is 0 Å². The predicted molar refractivity (Wildman–Crippen MR) is 89.4 cm³/mol. The van der Waals surface area contributed by atoms with Gasteiger partial charge in [-0.25, -0.2) is 0 Å². The molecule has 152 valence electrons. The van der Waals surface area contributed by atoms with Crippen LogP contribution in [0.3, 0.4) is 0 Å². The summed E-state index contributed by atoms with van der Waals surface area (Å²) < 4.78 is 118. The Labute approximate surface area is 196 Å². The standard InChI is InChI=1S/C10H7Br.3BF4.K.H/c11-10-7-3-5-8-4-1-2-6-9(8)10;3*2-1(3,4)5;;/h1-7H;;;;;/q;3*-1;;. The van der Waals surface area contributed by atoms with Crippen LogP contribution in [-0.2, 0) is 0 Å². The second-order valence-corrected chi connectivity index (χ2v) is 4.80. The van der Waals surface area contributed by atoms with Gasteiger partial charge in [-0.05, 0) is 16.8 Å². The number of hydrogen-bond donors (Lipinski definition) is 0. The van der Waals surface area contributed by atoms with Gasteiger partial charge in [-0.3, -0.25) is 0 Å². The molecule has 0 aliphatic carbocycles. The van der Waals surface area contributed by atoms with Crippen molar-refractivity contribution in [2.45, 2.75) is 0 Å². The summed E-state index contributed by atoms with van der Waals surface area (Å²) in [5.41, 5.74) is 0. The van der Waals surface area contributed by atoms with Gasteiger partial charge in [-0.2, -0.15) is 0 Å². The average Bonchev–Trinajstić information content (AvgIpc) is 2.33. The van der Waals surface area contributed by atoms with Gasteiger partial charge in [-0.1, -0.05) is 52.3 Å². The van der Waals surface area contributed by atoms with E-state index in [4.69, 9.17) is 0 Å². The van der Waals surface area contributed by atoms with E-state index in [1.54, 1.807) is 0 Å². The number of rotatable bonds is 0. The molecule has 0 radical (unpaired) electrons. The monoisotopic (exact) mass is 507 g/mol. The van der Waals surface area contributed by atoms with Gasteiger partial charge in [0.15, 0.2) is 0 Å². The third-order valence-corrected chi connectivity index (χ3v) is 2.43. The van der Waals surface area contributed by atoms with E-state index in [2.05, 4.69) is 46.3 Å². The van der Waals surface area contributed by atoms with Crippen molar-refractivity contribution in [2.24, 2.45) is 0 Å². The number of halogens is 13. The second-order valence-electron chi connectivity index (χ2n) is 3.95. The Morgan fingerprint density at radius 2 is 0.815 bits per heavy atom. The van der Waals surface area contributed by atoms with Gasteiger partial charge in [0.1, 0.15) is 0 Å². The fourth-order valence-corrected chi connectivity index (χ4v) is 1.70. The van der Waals surface area contributed by atoms with Crippen molar-refractivity contribution < 1.29 is 51.8 Å². The number of fused-ring (bicyclic) bond motifs is 1. The van der Waals surface area contributed by atoms with E-state index >= 15 is 0 Å². The summed E-state index contributed by atoms with van der Waals surface area (Å²) in [5, 5.41) is 2.55. The molecule has 0 heterocycles. The quantitative estimate of drug-likeness (QED) is 0.270. The fraction of sp³-hybridized carbons (Fsp3) is 0. The van der Waals surface area contributed by atoms with Gasteiger partial charge in [0.05, 0.1) is 0 Å². The summed E-state index contributed by atoms with van der Waals surface area (Å²) in [5.74, 6) is 0. The Hall–Kier alpha value is 0.171. The average molecular weight is 508 g/mol. The van der Waals surface area contributed by atoms with Crippen LogP contribution in [-0.4, -0.2) is 73.1 Å². The summed E-state index contributed by atoms with van der Waals surface area (Å²) in [6.07, 6.45) is 0. The molecule has 0 N–H and O–H groups in total. The van der Waals surface area contributed by atoms with Crippen molar-refractivity contribution in [3.63, 3.8) is 0 Å². The third kappa shape index (κ3) is 34.1. The topological polar surface area (TPSA) is 0 Å². The zero-order valence-corrected chi connectivity index (χ0v) is 13.8. The molecule has 0 aliphatic heterocycles. The van der Waals surface area contributed by atoms with Crippen LogP contribution in [0.15, 0.2) is 46.9 Å². The van der Waals surface area contributed by atoms with Crippen LogP contribution in [0.5, 0.6) is 0 Å².